The van der Waals surface area contributed by atoms with Crippen molar-refractivity contribution < 1.29 is 0 Å². The summed E-state index contributed by atoms with van der Waals surface area (Å²) in [5, 5.41) is 5.55. The highest BCUT2D eigenvalue weighted by Crippen LogP contribution is 2.14. The van der Waals surface area contributed by atoms with Crippen LogP contribution in [0.3, 0.4) is 0 Å². The number of hydrogen-bond acceptors (Lipinski definition) is 3. The summed E-state index contributed by atoms with van der Waals surface area (Å²) in [6.45, 7) is 3.97. The zero-order chi connectivity index (χ0) is 10.5. The molecule has 2 aromatic rings. The maximum atomic E-state index is 4.08. The first kappa shape index (κ1) is 16.4. The first-order chi connectivity index (χ1) is 7.36. The monoisotopic (exact) mass is 290 g/mol. The molecule has 0 aliphatic carbocycles. The Morgan fingerprint density at radius 2 is 2.06 bits per heavy atom. The average molecular weight is 291 g/mol. The van der Waals surface area contributed by atoms with E-state index in [1.807, 2.05) is 12.3 Å². The van der Waals surface area contributed by atoms with E-state index in [9.17, 15) is 0 Å². The van der Waals surface area contributed by atoms with E-state index in [1.54, 1.807) is 17.5 Å². The third-order valence-electron chi connectivity index (χ3n) is 2.31. The van der Waals surface area contributed by atoms with Crippen molar-refractivity contribution in [1.82, 2.24) is 10.3 Å². The topological polar surface area (TPSA) is 24.9 Å². The van der Waals surface area contributed by atoms with Gasteiger partial charge in [0.25, 0.3) is 0 Å². The van der Waals surface area contributed by atoms with Gasteiger partial charge in [-0.2, -0.15) is 0 Å². The van der Waals surface area contributed by atoms with Crippen LogP contribution in [0.5, 0.6) is 0 Å². The van der Waals surface area contributed by atoms with Gasteiger partial charge in [-0.15, -0.1) is 36.2 Å². The van der Waals surface area contributed by atoms with E-state index in [0.29, 0.717) is 0 Å². The molecule has 2 aromatic heterocycles. The van der Waals surface area contributed by atoms with Gasteiger partial charge in [0.1, 0.15) is 0 Å². The van der Waals surface area contributed by atoms with Gasteiger partial charge in [0.2, 0.25) is 0 Å². The maximum Gasteiger partial charge on any atom is 0.0312 e. The molecule has 0 bridgehead atoms. The third-order valence-corrected chi connectivity index (χ3v) is 3.33. The van der Waals surface area contributed by atoms with Gasteiger partial charge in [-0.05, 0) is 35.6 Å². The van der Waals surface area contributed by atoms with Crippen molar-refractivity contribution in [3.8, 4) is 0 Å². The Morgan fingerprint density at radius 3 is 2.65 bits per heavy atom. The van der Waals surface area contributed by atoms with E-state index in [2.05, 4.69) is 34.7 Å². The molecule has 17 heavy (non-hydrogen) atoms. The lowest BCUT2D eigenvalue weighted by Gasteiger charge is -2.03. The summed E-state index contributed by atoms with van der Waals surface area (Å²) in [5.74, 6) is 0. The van der Waals surface area contributed by atoms with Crippen LogP contribution in [0.25, 0.3) is 0 Å². The molecule has 0 saturated carbocycles. The number of pyridine rings is 1. The number of aryl methyl sites for hydroxylation is 1. The quantitative estimate of drug-likeness (QED) is 0.931. The standard InChI is InChI=1S/C12H14N2S.2ClH/c1-10-4-6-15-12(10)9-14-8-11-3-2-5-13-7-11;;/h2-7,14H,8-9H2,1H3;2*1H. The second kappa shape index (κ2) is 8.48. The minimum absolute atomic E-state index is 0. The third kappa shape index (κ3) is 5.04. The summed E-state index contributed by atoms with van der Waals surface area (Å²) in [5.41, 5.74) is 2.60. The lowest BCUT2D eigenvalue weighted by molar-refractivity contribution is 0.696. The number of nitrogens with zero attached hydrogens (tertiary/aromatic N) is 1. The highest BCUT2D eigenvalue weighted by molar-refractivity contribution is 7.10. The molecule has 5 heteroatoms. The molecule has 1 N–H and O–H groups in total. The summed E-state index contributed by atoms with van der Waals surface area (Å²) < 4.78 is 0. The Labute approximate surface area is 118 Å². The van der Waals surface area contributed by atoms with Crippen molar-refractivity contribution in [2.45, 2.75) is 20.0 Å². The Bertz CT molecular complexity index is 417. The fraction of sp³-hybridized carbons (Fsp3) is 0.250. The van der Waals surface area contributed by atoms with E-state index in [0.717, 1.165) is 13.1 Å². The van der Waals surface area contributed by atoms with Gasteiger partial charge in [0.05, 0.1) is 0 Å². The molecule has 0 aliphatic rings. The highest BCUT2D eigenvalue weighted by Gasteiger charge is 1.98. The fourth-order valence-corrected chi connectivity index (χ4v) is 2.28. The van der Waals surface area contributed by atoms with Crippen LogP contribution < -0.4 is 5.32 Å². The molecule has 0 aliphatic heterocycles. The molecule has 0 atom stereocenters. The molecule has 0 spiro atoms. The summed E-state index contributed by atoms with van der Waals surface area (Å²) >= 11 is 1.81. The van der Waals surface area contributed by atoms with E-state index in [-0.39, 0.29) is 24.8 Å². The number of thiophene rings is 1. The lowest BCUT2D eigenvalue weighted by Crippen LogP contribution is -2.12. The van der Waals surface area contributed by atoms with Crippen LogP contribution in [0, 0.1) is 6.92 Å². The number of halogens is 2. The zero-order valence-electron chi connectivity index (χ0n) is 9.55. The van der Waals surface area contributed by atoms with Gasteiger partial charge in [0, 0.05) is 30.4 Å². The fourth-order valence-electron chi connectivity index (χ4n) is 1.41. The summed E-state index contributed by atoms with van der Waals surface area (Å²) in [4.78, 5) is 5.50. The Hall–Kier alpha value is -0.610. The lowest BCUT2D eigenvalue weighted by atomic mass is 10.2. The largest absolute Gasteiger partial charge is 0.308 e. The van der Waals surface area contributed by atoms with Gasteiger partial charge in [0.15, 0.2) is 0 Å². The molecule has 2 rings (SSSR count). The Balaban J connectivity index is 0.00000128. The van der Waals surface area contributed by atoms with Crippen molar-refractivity contribution in [2.75, 3.05) is 0 Å². The molecule has 0 amide bonds. The Kier molecular flexibility index (Phi) is 8.17. The van der Waals surface area contributed by atoms with Crippen LogP contribution in [0.4, 0.5) is 0 Å². The number of hydrogen-bond donors (Lipinski definition) is 1. The van der Waals surface area contributed by atoms with Crippen LogP contribution in [0.1, 0.15) is 16.0 Å². The maximum absolute atomic E-state index is 4.08. The van der Waals surface area contributed by atoms with E-state index in [4.69, 9.17) is 0 Å². The minimum Gasteiger partial charge on any atom is -0.308 e. The highest BCUT2D eigenvalue weighted by atomic mass is 35.5. The second-order valence-electron chi connectivity index (χ2n) is 3.49. The van der Waals surface area contributed by atoms with Crippen LogP contribution >= 0.6 is 36.2 Å². The average Bonchev–Trinajstić information content (AvgIpc) is 2.66. The molecule has 0 aromatic carbocycles. The SMILES string of the molecule is Cc1ccsc1CNCc1cccnc1.Cl.Cl. The first-order valence-electron chi connectivity index (χ1n) is 4.99. The minimum atomic E-state index is 0. The van der Waals surface area contributed by atoms with Crippen LogP contribution in [0.15, 0.2) is 36.0 Å². The van der Waals surface area contributed by atoms with Gasteiger partial charge in [-0.25, -0.2) is 0 Å². The zero-order valence-corrected chi connectivity index (χ0v) is 12.0. The van der Waals surface area contributed by atoms with Crippen molar-refractivity contribution in [2.24, 2.45) is 0 Å². The predicted octanol–water partition coefficient (Wildman–Crippen LogP) is 3.58. The molecular formula is C12H16Cl2N2S. The molecular weight excluding hydrogens is 275 g/mol. The number of nitrogens with one attached hydrogen (secondary N) is 1. The Morgan fingerprint density at radius 1 is 1.24 bits per heavy atom. The van der Waals surface area contributed by atoms with Crippen LogP contribution in [-0.2, 0) is 13.1 Å². The van der Waals surface area contributed by atoms with E-state index in [1.165, 1.54) is 16.0 Å². The van der Waals surface area contributed by atoms with E-state index < -0.39 is 0 Å². The van der Waals surface area contributed by atoms with Crippen molar-refractivity contribution in [1.29, 1.82) is 0 Å². The molecule has 0 saturated heterocycles. The van der Waals surface area contributed by atoms with Gasteiger partial charge < -0.3 is 5.32 Å². The van der Waals surface area contributed by atoms with E-state index >= 15 is 0 Å². The van der Waals surface area contributed by atoms with Crippen molar-refractivity contribution in [3.05, 3.63) is 52.0 Å². The van der Waals surface area contributed by atoms with Gasteiger partial charge >= 0.3 is 0 Å². The summed E-state index contributed by atoms with van der Waals surface area (Å²) in [7, 11) is 0. The number of rotatable bonds is 4. The molecule has 94 valence electrons. The van der Waals surface area contributed by atoms with Crippen molar-refractivity contribution >= 4 is 36.2 Å². The van der Waals surface area contributed by atoms with Crippen molar-refractivity contribution in [3.63, 3.8) is 0 Å². The number of aromatic nitrogens is 1. The van der Waals surface area contributed by atoms with Gasteiger partial charge in [-0.1, -0.05) is 6.07 Å². The molecule has 2 heterocycles. The summed E-state index contributed by atoms with van der Waals surface area (Å²) in [6.07, 6.45) is 3.70. The van der Waals surface area contributed by atoms with Crippen LogP contribution in [-0.4, -0.2) is 4.98 Å². The first-order valence-corrected chi connectivity index (χ1v) is 5.87. The molecule has 0 unspecified atom stereocenters. The van der Waals surface area contributed by atoms with Crippen LogP contribution in [0.2, 0.25) is 0 Å². The second-order valence-corrected chi connectivity index (χ2v) is 4.49. The van der Waals surface area contributed by atoms with Gasteiger partial charge in [-0.3, -0.25) is 4.98 Å². The normalized spacial score (nSPS) is 9.24. The smallest absolute Gasteiger partial charge is 0.0312 e. The predicted molar refractivity (Wildman–Crippen MR) is 78.3 cm³/mol. The summed E-state index contributed by atoms with van der Waals surface area (Å²) in [6, 6.07) is 6.21. The molecule has 0 radical (unpaired) electrons. The molecule has 2 nitrogen and oxygen atoms in total. The molecule has 0 fully saturated rings.